The summed E-state index contributed by atoms with van der Waals surface area (Å²) < 4.78 is 5.11. The van der Waals surface area contributed by atoms with Gasteiger partial charge in [0.25, 0.3) is 0 Å². The number of hydrogen-bond donors (Lipinski definition) is 1. The fourth-order valence-electron chi connectivity index (χ4n) is 1.08. The molecule has 52 valence electrons. The van der Waals surface area contributed by atoms with E-state index in [0.29, 0.717) is 0 Å². The fourth-order valence-corrected chi connectivity index (χ4v) is 1.08. The Balaban J connectivity index is 0.000000186. The normalized spacial score (nSPS) is 21.1. The molecular weight excluding hydrogens is 116 g/mol. The van der Waals surface area contributed by atoms with Gasteiger partial charge in [-0.15, -0.1) is 0 Å². The third-order valence-corrected chi connectivity index (χ3v) is 1.57. The van der Waals surface area contributed by atoms with Crippen LogP contribution in [0.3, 0.4) is 0 Å². The highest BCUT2D eigenvalue weighted by atomic mass is 16.6. The first-order valence-electron chi connectivity index (χ1n) is 3.31. The Bertz CT molecular complexity index is 113. The van der Waals surface area contributed by atoms with Crippen LogP contribution in [0.2, 0.25) is 0 Å². The third kappa shape index (κ3) is 1.45. The van der Waals surface area contributed by atoms with E-state index in [1.807, 2.05) is 0 Å². The highest BCUT2D eigenvalue weighted by Crippen LogP contribution is 2.38. The van der Waals surface area contributed by atoms with Gasteiger partial charge >= 0.3 is 0 Å². The van der Waals surface area contributed by atoms with Crippen LogP contribution in [-0.4, -0.2) is 12.2 Å². The molecule has 0 aromatic carbocycles. The van der Waals surface area contributed by atoms with E-state index >= 15 is 0 Å². The Hall–Kier alpha value is -0.500. The van der Waals surface area contributed by atoms with Gasteiger partial charge in [-0.05, 0) is 12.8 Å². The molecular formula is C7H12O2. The van der Waals surface area contributed by atoms with E-state index in [1.54, 1.807) is 0 Å². The van der Waals surface area contributed by atoms with Gasteiger partial charge in [0.15, 0.2) is 0 Å². The van der Waals surface area contributed by atoms with Crippen LogP contribution >= 0.6 is 0 Å². The van der Waals surface area contributed by atoms with Crippen LogP contribution in [0.5, 0.6) is 0 Å². The summed E-state index contributed by atoms with van der Waals surface area (Å²) in [5.41, 5.74) is 0. The van der Waals surface area contributed by atoms with Crippen LogP contribution in [0.1, 0.15) is 25.7 Å². The number of aliphatic hydroxyl groups is 1. The Kier molecular flexibility index (Phi) is 2.11. The molecule has 0 spiro atoms. The summed E-state index contributed by atoms with van der Waals surface area (Å²) in [5.74, 6) is 2.59. The van der Waals surface area contributed by atoms with E-state index in [2.05, 4.69) is 0 Å². The Morgan fingerprint density at radius 1 is 1.11 bits per heavy atom. The zero-order valence-corrected chi connectivity index (χ0v) is 5.68. The molecule has 0 bridgehead atoms. The molecule has 0 amide bonds. The quantitative estimate of drug-likeness (QED) is 0.535. The van der Waals surface area contributed by atoms with Crippen molar-refractivity contribution in [1.82, 2.24) is 0 Å². The number of ether oxygens (including phenoxy) is 1. The summed E-state index contributed by atoms with van der Waals surface area (Å²) >= 11 is 0. The lowest BCUT2D eigenvalue weighted by Crippen LogP contribution is -1.77. The number of rotatable bonds is 0. The second-order valence-corrected chi connectivity index (χ2v) is 2.16. The van der Waals surface area contributed by atoms with Gasteiger partial charge in [0.2, 0.25) is 0 Å². The van der Waals surface area contributed by atoms with Crippen molar-refractivity contribution in [2.24, 2.45) is 0 Å². The molecule has 0 aromatic heterocycles. The van der Waals surface area contributed by atoms with Crippen LogP contribution < -0.4 is 0 Å². The van der Waals surface area contributed by atoms with E-state index in [1.165, 1.54) is 37.2 Å². The Morgan fingerprint density at radius 3 is 1.89 bits per heavy atom. The molecule has 1 heterocycles. The summed E-state index contributed by atoms with van der Waals surface area (Å²) in [6.45, 7) is 0. The summed E-state index contributed by atoms with van der Waals surface area (Å²) in [4.78, 5) is 0. The standard InChI is InChI=1S/C6H8O.CH4O/c1-2-4-6-5(3-1)7-6;1-2/h1-4H2;2H,1H3. The lowest BCUT2D eigenvalue weighted by molar-refractivity contribution is 0.399. The molecule has 9 heavy (non-hydrogen) atoms. The SMILES string of the molecule is C1CCC2=C(C1)O2.CO. The van der Waals surface area contributed by atoms with Crippen molar-refractivity contribution >= 4 is 0 Å². The van der Waals surface area contributed by atoms with Crippen LogP contribution in [-0.2, 0) is 4.74 Å². The first-order chi connectivity index (χ1) is 4.47. The molecule has 0 radical (unpaired) electrons. The molecule has 0 aromatic rings. The molecule has 0 unspecified atom stereocenters. The van der Waals surface area contributed by atoms with Crippen LogP contribution in [0.15, 0.2) is 11.5 Å². The van der Waals surface area contributed by atoms with Crippen molar-refractivity contribution < 1.29 is 9.84 Å². The molecule has 2 nitrogen and oxygen atoms in total. The van der Waals surface area contributed by atoms with Gasteiger partial charge in [0, 0.05) is 20.0 Å². The number of aliphatic hydroxyl groups excluding tert-OH is 1. The van der Waals surface area contributed by atoms with Crippen molar-refractivity contribution in [3.8, 4) is 0 Å². The largest absolute Gasteiger partial charge is 0.459 e. The predicted molar refractivity (Wildman–Crippen MR) is 34.7 cm³/mol. The van der Waals surface area contributed by atoms with Crippen molar-refractivity contribution in [3.63, 3.8) is 0 Å². The molecule has 2 aliphatic rings. The zero-order chi connectivity index (χ0) is 6.69. The van der Waals surface area contributed by atoms with E-state index in [-0.39, 0.29) is 0 Å². The minimum atomic E-state index is 1.00. The average Bonchev–Trinajstić information content (AvgIpc) is 2.69. The molecule has 0 saturated carbocycles. The Labute approximate surface area is 55.1 Å². The van der Waals surface area contributed by atoms with Gasteiger partial charge in [-0.2, -0.15) is 0 Å². The van der Waals surface area contributed by atoms with Crippen molar-refractivity contribution in [1.29, 1.82) is 0 Å². The van der Waals surface area contributed by atoms with Crippen molar-refractivity contribution in [2.75, 3.05) is 7.11 Å². The maximum absolute atomic E-state index is 7.00. The van der Waals surface area contributed by atoms with Crippen molar-refractivity contribution in [2.45, 2.75) is 25.7 Å². The lowest BCUT2D eigenvalue weighted by atomic mass is 10.1. The van der Waals surface area contributed by atoms with Gasteiger partial charge in [0.05, 0.1) is 0 Å². The zero-order valence-electron chi connectivity index (χ0n) is 5.68. The summed E-state index contributed by atoms with van der Waals surface area (Å²) in [6.07, 6.45) is 5.13. The number of hydrogen-bond acceptors (Lipinski definition) is 2. The van der Waals surface area contributed by atoms with Gasteiger partial charge in [-0.1, -0.05) is 0 Å². The first kappa shape index (κ1) is 6.62. The Morgan fingerprint density at radius 2 is 1.56 bits per heavy atom. The van der Waals surface area contributed by atoms with Crippen LogP contribution in [0.25, 0.3) is 0 Å². The molecule has 2 heteroatoms. The van der Waals surface area contributed by atoms with Gasteiger partial charge in [0.1, 0.15) is 11.5 Å². The molecule has 1 aliphatic heterocycles. The molecule has 0 saturated heterocycles. The molecule has 1 N–H and O–H groups in total. The van der Waals surface area contributed by atoms with E-state index in [0.717, 1.165) is 7.11 Å². The third-order valence-electron chi connectivity index (χ3n) is 1.57. The topological polar surface area (TPSA) is 32.8 Å². The second-order valence-electron chi connectivity index (χ2n) is 2.16. The summed E-state index contributed by atoms with van der Waals surface area (Å²) in [5, 5.41) is 7.00. The maximum atomic E-state index is 7.00. The van der Waals surface area contributed by atoms with Gasteiger partial charge < -0.3 is 9.84 Å². The maximum Gasteiger partial charge on any atom is 0.142 e. The predicted octanol–water partition coefficient (Wildman–Crippen LogP) is 1.41. The van der Waals surface area contributed by atoms with E-state index < -0.39 is 0 Å². The highest BCUT2D eigenvalue weighted by Gasteiger charge is 2.26. The molecule has 0 atom stereocenters. The van der Waals surface area contributed by atoms with Crippen molar-refractivity contribution in [3.05, 3.63) is 11.5 Å². The summed E-state index contributed by atoms with van der Waals surface area (Å²) in [6, 6.07) is 0. The average molecular weight is 128 g/mol. The molecule has 2 rings (SSSR count). The smallest absolute Gasteiger partial charge is 0.142 e. The lowest BCUT2D eigenvalue weighted by Gasteiger charge is -1.90. The number of allylic oxidation sites excluding steroid dienone is 2. The summed E-state index contributed by atoms with van der Waals surface area (Å²) in [7, 11) is 1.00. The van der Waals surface area contributed by atoms with E-state index in [9.17, 15) is 0 Å². The van der Waals surface area contributed by atoms with Gasteiger partial charge in [-0.25, -0.2) is 0 Å². The first-order valence-corrected chi connectivity index (χ1v) is 3.31. The minimum absolute atomic E-state index is 1.00. The highest BCUT2D eigenvalue weighted by molar-refractivity contribution is 5.19. The monoisotopic (exact) mass is 128 g/mol. The van der Waals surface area contributed by atoms with E-state index in [4.69, 9.17) is 9.84 Å². The van der Waals surface area contributed by atoms with Crippen LogP contribution in [0, 0.1) is 0 Å². The molecule has 0 fully saturated rings. The molecule has 1 aliphatic carbocycles. The van der Waals surface area contributed by atoms with Crippen LogP contribution in [0.4, 0.5) is 0 Å². The fraction of sp³-hybridized carbons (Fsp3) is 0.714. The second kappa shape index (κ2) is 2.87. The van der Waals surface area contributed by atoms with Gasteiger partial charge in [-0.3, -0.25) is 0 Å². The minimum Gasteiger partial charge on any atom is -0.459 e.